The monoisotopic (exact) mass is 389 g/mol. The summed E-state index contributed by atoms with van der Waals surface area (Å²) < 4.78 is 7.15. The Morgan fingerprint density at radius 1 is 1.33 bits per heavy atom. The first-order valence-electron chi connectivity index (χ1n) is 9.65. The van der Waals surface area contributed by atoms with Crippen molar-refractivity contribution >= 4 is 16.5 Å². The average molecular weight is 390 g/mol. The number of hydrogen-bond donors (Lipinski definition) is 1. The zero-order chi connectivity index (χ0) is 18.8. The molecule has 0 bridgehead atoms. The van der Waals surface area contributed by atoms with E-state index >= 15 is 0 Å². The quantitative estimate of drug-likeness (QED) is 0.844. The van der Waals surface area contributed by atoms with Crippen molar-refractivity contribution in [3.05, 3.63) is 38.8 Å². The molecule has 1 saturated carbocycles. The molecule has 0 amide bonds. The van der Waals surface area contributed by atoms with Crippen molar-refractivity contribution in [1.82, 2.24) is 20.1 Å². The standard InChI is InChI=1S/C19H27N5O2S/c1-23(2)19-21-11-16(27-19)10-20-14-3-5-15(6-4-14)24-18(25)9-13-12-26-8-7-17(13)22-24/h9,11,14-15,20H,3-8,10,12H2,1-2H3. The lowest BCUT2D eigenvalue weighted by atomic mass is 9.91. The third kappa shape index (κ3) is 4.23. The molecule has 0 saturated heterocycles. The van der Waals surface area contributed by atoms with Crippen molar-refractivity contribution in [1.29, 1.82) is 0 Å². The topological polar surface area (TPSA) is 72.3 Å². The highest BCUT2D eigenvalue weighted by atomic mass is 32.1. The Morgan fingerprint density at radius 2 is 2.15 bits per heavy atom. The van der Waals surface area contributed by atoms with Gasteiger partial charge < -0.3 is 15.0 Å². The summed E-state index contributed by atoms with van der Waals surface area (Å²) in [5, 5.41) is 9.36. The lowest BCUT2D eigenvalue weighted by molar-refractivity contribution is 0.107. The van der Waals surface area contributed by atoms with Crippen molar-refractivity contribution in [2.45, 2.75) is 57.3 Å². The van der Waals surface area contributed by atoms with Gasteiger partial charge in [-0.25, -0.2) is 9.67 Å². The van der Waals surface area contributed by atoms with E-state index in [9.17, 15) is 4.79 Å². The lowest BCUT2D eigenvalue weighted by Crippen LogP contribution is -2.37. The Hall–Kier alpha value is -1.77. The second-order valence-electron chi connectivity index (χ2n) is 7.59. The maximum Gasteiger partial charge on any atom is 0.267 e. The smallest absolute Gasteiger partial charge is 0.267 e. The molecule has 27 heavy (non-hydrogen) atoms. The molecule has 0 spiro atoms. The molecule has 7 nitrogen and oxygen atoms in total. The minimum absolute atomic E-state index is 0.0107. The molecule has 0 atom stereocenters. The van der Waals surface area contributed by atoms with E-state index in [0.29, 0.717) is 19.3 Å². The van der Waals surface area contributed by atoms with E-state index in [2.05, 4.69) is 15.4 Å². The van der Waals surface area contributed by atoms with Gasteiger partial charge in [0.1, 0.15) is 0 Å². The molecule has 3 heterocycles. The molecule has 0 unspecified atom stereocenters. The molecule has 146 valence electrons. The van der Waals surface area contributed by atoms with E-state index in [1.165, 1.54) is 4.88 Å². The van der Waals surface area contributed by atoms with Crippen molar-refractivity contribution in [2.75, 3.05) is 25.6 Å². The lowest BCUT2D eigenvalue weighted by Gasteiger charge is -2.30. The first-order chi connectivity index (χ1) is 13.1. The molecule has 2 aromatic rings. The van der Waals surface area contributed by atoms with Crippen LogP contribution in [0.4, 0.5) is 5.13 Å². The van der Waals surface area contributed by atoms with Gasteiger partial charge in [-0.15, -0.1) is 11.3 Å². The highest BCUT2D eigenvalue weighted by molar-refractivity contribution is 7.15. The predicted molar refractivity (Wildman–Crippen MR) is 106 cm³/mol. The van der Waals surface area contributed by atoms with Crippen molar-refractivity contribution in [3.63, 3.8) is 0 Å². The van der Waals surface area contributed by atoms with Crippen LogP contribution >= 0.6 is 11.3 Å². The van der Waals surface area contributed by atoms with E-state index in [-0.39, 0.29) is 11.6 Å². The van der Waals surface area contributed by atoms with Gasteiger partial charge in [-0.2, -0.15) is 5.10 Å². The summed E-state index contributed by atoms with van der Waals surface area (Å²) in [5.41, 5.74) is 2.00. The van der Waals surface area contributed by atoms with E-state index in [1.54, 1.807) is 22.1 Å². The van der Waals surface area contributed by atoms with Gasteiger partial charge in [-0.05, 0) is 25.7 Å². The Morgan fingerprint density at radius 3 is 2.89 bits per heavy atom. The number of aromatic nitrogens is 3. The summed E-state index contributed by atoms with van der Waals surface area (Å²) in [6, 6.07) is 2.43. The van der Waals surface area contributed by atoms with E-state index in [4.69, 9.17) is 4.74 Å². The van der Waals surface area contributed by atoms with Crippen molar-refractivity contribution in [2.24, 2.45) is 0 Å². The van der Waals surface area contributed by atoms with Crippen LogP contribution in [0.5, 0.6) is 0 Å². The van der Waals surface area contributed by atoms with Crippen molar-refractivity contribution in [3.8, 4) is 0 Å². The highest BCUT2D eigenvalue weighted by Gasteiger charge is 2.25. The first kappa shape index (κ1) is 18.6. The Bertz CT molecular complexity index is 839. The van der Waals surface area contributed by atoms with Crippen LogP contribution in [-0.4, -0.2) is 41.5 Å². The first-order valence-corrected chi connectivity index (χ1v) is 10.5. The number of nitrogens with one attached hydrogen (secondary N) is 1. The molecule has 0 aromatic carbocycles. The van der Waals surface area contributed by atoms with Crippen LogP contribution in [0.2, 0.25) is 0 Å². The van der Waals surface area contributed by atoms with Crippen LogP contribution < -0.4 is 15.8 Å². The molecule has 2 aliphatic rings. The molecule has 1 fully saturated rings. The summed E-state index contributed by atoms with van der Waals surface area (Å²) >= 11 is 1.73. The maximum absolute atomic E-state index is 12.5. The fourth-order valence-electron chi connectivity index (χ4n) is 3.85. The maximum atomic E-state index is 12.5. The summed E-state index contributed by atoms with van der Waals surface area (Å²) in [6.07, 6.45) is 6.88. The summed E-state index contributed by atoms with van der Waals surface area (Å²) in [5.74, 6) is 0. The van der Waals surface area contributed by atoms with Gasteiger partial charge in [0.05, 0.1) is 24.9 Å². The molecule has 4 rings (SSSR count). The van der Waals surface area contributed by atoms with Crippen LogP contribution in [0, 0.1) is 0 Å². The summed E-state index contributed by atoms with van der Waals surface area (Å²) in [4.78, 5) is 20.2. The van der Waals surface area contributed by atoms with Gasteiger partial charge in [-0.1, -0.05) is 0 Å². The van der Waals surface area contributed by atoms with Crippen LogP contribution in [-0.2, 0) is 24.3 Å². The third-order valence-corrected chi connectivity index (χ3v) is 6.56. The fraction of sp³-hybridized carbons (Fsp3) is 0.632. The number of rotatable bonds is 5. The van der Waals surface area contributed by atoms with Crippen LogP contribution in [0.15, 0.2) is 17.1 Å². The Balaban J connectivity index is 1.33. The number of nitrogens with zero attached hydrogens (tertiary/aromatic N) is 4. The molecule has 8 heteroatoms. The SMILES string of the molecule is CN(C)c1ncc(CNC2CCC(n3nc4c(cc3=O)COCC4)CC2)s1. The van der Waals surface area contributed by atoms with Gasteiger partial charge in [0.15, 0.2) is 5.13 Å². The molecule has 1 aliphatic carbocycles. The molecule has 0 radical (unpaired) electrons. The molecule has 1 N–H and O–H groups in total. The fourth-order valence-corrected chi connectivity index (χ4v) is 4.63. The van der Waals surface area contributed by atoms with E-state index in [0.717, 1.165) is 55.0 Å². The Labute approximate surface area is 163 Å². The van der Waals surface area contributed by atoms with Crippen LogP contribution in [0.25, 0.3) is 0 Å². The van der Waals surface area contributed by atoms with Gasteiger partial charge >= 0.3 is 0 Å². The highest BCUT2D eigenvalue weighted by Crippen LogP contribution is 2.28. The van der Waals surface area contributed by atoms with Gasteiger partial charge in [0.25, 0.3) is 5.56 Å². The molecule has 1 aliphatic heterocycles. The number of anilines is 1. The predicted octanol–water partition coefficient (Wildman–Crippen LogP) is 2.11. The number of fused-ring (bicyclic) bond motifs is 1. The summed E-state index contributed by atoms with van der Waals surface area (Å²) in [7, 11) is 4.03. The second-order valence-corrected chi connectivity index (χ2v) is 8.69. The number of hydrogen-bond acceptors (Lipinski definition) is 7. The van der Waals surface area contributed by atoms with Crippen molar-refractivity contribution < 1.29 is 4.74 Å². The molecule has 2 aromatic heterocycles. The minimum Gasteiger partial charge on any atom is -0.376 e. The Kier molecular flexibility index (Phi) is 5.56. The molecular weight excluding hydrogens is 362 g/mol. The van der Waals surface area contributed by atoms with Crippen LogP contribution in [0.3, 0.4) is 0 Å². The van der Waals surface area contributed by atoms with Gasteiger partial charge in [0, 0.05) is 55.8 Å². The number of ether oxygens (including phenoxy) is 1. The largest absolute Gasteiger partial charge is 0.376 e. The van der Waals surface area contributed by atoms with Gasteiger partial charge in [0.2, 0.25) is 0 Å². The summed E-state index contributed by atoms with van der Waals surface area (Å²) in [6.45, 7) is 2.07. The van der Waals surface area contributed by atoms with E-state index in [1.807, 2.05) is 25.2 Å². The van der Waals surface area contributed by atoms with Crippen LogP contribution in [0.1, 0.15) is 47.9 Å². The molecular formula is C19H27N5O2S. The van der Waals surface area contributed by atoms with E-state index < -0.39 is 0 Å². The zero-order valence-corrected chi connectivity index (χ0v) is 16.8. The van der Waals surface area contributed by atoms with Gasteiger partial charge in [-0.3, -0.25) is 4.79 Å². The minimum atomic E-state index is 0.0107. The second kappa shape index (κ2) is 8.08. The normalized spacial score (nSPS) is 22.4. The third-order valence-electron chi connectivity index (χ3n) is 5.39. The average Bonchev–Trinajstić information content (AvgIpc) is 3.16. The zero-order valence-electron chi connectivity index (χ0n) is 16.0. The number of thiazole rings is 1.